The normalized spacial score (nSPS) is 27.8. The van der Waals surface area contributed by atoms with Crippen LogP contribution in [0.3, 0.4) is 0 Å². The third-order valence-electron chi connectivity index (χ3n) is 4.78. The predicted molar refractivity (Wildman–Crippen MR) is 80.0 cm³/mol. The molecular formula is C15H20N2O3S. The van der Waals surface area contributed by atoms with Crippen LogP contribution in [0.15, 0.2) is 29.2 Å². The second-order valence-corrected chi connectivity index (χ2v) is 7.82. The molecule has 114 valence electrons. The zero-order valence-corrected chi connectivity index (χ0v) is 12.6. The van der Waals surface area contributed by atoms with Crippen LogP contribution in [0.25, 0.3) is 0 Å². The van der Waals surface area contributed by atoms with Crippen molar-refractivity contribution in [3.63, 3.8) is 0 Å². The molecule has 2 fully saturated rings. The number of rotatable bonds is 4. The number of sulfonamides is 1. The number of amides is 1. The number of anilines is 1. The Morgan fingerprint density at radius 1 is 1.29 bits per heavy atom. The summed E-state index contributed by atoms with van der Waals surface area (Å²) in [7, 11) is -3.74. The summed E-state index contributed by atoms with van der Waals surface area (Å²) >= 11 is 0. The van der Waals surface area contributed by atoms with E-state index in [2.05, 4.69) is 5.32 Å². The number of hydrogen-bond donors (Lipinski definition) is 2. The van der Waals surface area contributed by atoms with Crippen molar-refractivity contribution in [2.75, 3.05) is 5.32 Å². The number of nitrogens with one attached hydrogen (secondary N) is 1. The highest BCUT2D eigenvalue weighted by atomic mass is 32.2. The molecule has 0 aromatic heterocycles. The summed E-state index contributed by atoms with van der Waals surface area (Å²) in [6.45, 7) is 0. The zero-order chi connectivity index (χ0) is 15.0. The molecule has 2 aliphatic carbocycles. The van der Waals surface area contributed by atoms with Gasteiger partial charge in [-0.1, -0.05) is 12.5 Å². The number of carbonyl (C=O) groups excluding carboxylic acids is 1. The van der Waals surface area contributed by atoms with Gasteiger partial charge in [0.2, 0.25) is 15.9 Å². The van der Waals surface area contributed by atoms with Crippen molar-refractivity contribution >= 4 is 21.6 Å². The minimum absolute atomic E-state index is 0.0141. The highest BCUT2D eigenvalue weighted by Gasteiger charge is 2.40. The van der Waals surface area contributed by atoms with Crippen molar-refractivity contribution in [3.05, 3.63) is 24.3 Å². The van der Waals surface area contributed by atoms with E-state index in [9.17, 15) is 13.2 Å². The third-order valence-corrected chi connectivity index (χ3v) is 5.69. The van der Waals surface area contributed by atoms with Crippen molar-refractivity contribution in [1.29, 1.82) is 0 Å². The van der Waals surface area contributed by atoms with E-state index >= 15 is 0 Å². The zero-order valence-electron chi connectivity index (χ0n) is 11.8. The fraction of sp³-hybridized carbons (Fsp3) is 0.533. The Morgan fingerprint density at radius 3 is 2.71 bits per heavy atom. The van der Waals surface area contributed by atoms with Crippen LogP contribution in [0.4, 0.5) is 5.69 Å². The number of hydrogen-bond acceptors (Lipinski definition) is 3. The summed E-state index contributed by atoms with van der Waals surface area (Å²) < 4.78 is 22.6. The summed E-state index contributed by atoms with van der Waals surface area (Å²) in [5.74, 6) is 1.97. The van der Waals surface area contributed by atoms with Gasteiger partial charge >= 0.3 is 0 Å². The molecule has 0 aliphatic heterocycles. The van der Waals surface area contributed by atoms with Gasteiger partial charge in [0.15, 0.2) is 0 Å². The molecule has 0 heterocycles. The fourth-order valence-corrected chi connectivity index (χ4v) is 4.39. The molecule has 2 aliphatic rings. The van der Waals surface area contributed by atoms with Gasteiger partial charge in [-0.25, -0.2) is 13.6 Å². The minimum atomic E-state index is -3.74. The first-order chi connectivity index (χ1) is 9.91. The van der Waals surface area contributed by atoms with Gasteiger partial charge in [-0.2, -0.15) is 0 Å². The van der Waals surface area contributed by atoms with Gasteiger partial charge in [0, 0.05) is 12.1 Å². The lowest BCUT2D eigenvalue weighted by atomic mass is 9.86. The number of primary sulfonamides is 1. The van der Waals surface area contributed by atoms with E-state index in [0.29, 0.717) is 23.9 Å². The summed E-state index contributed by atoms with van der Waals surface area (Å²) in [6, 6.07) is 6.06. The number of nitrogens with two attached hydrogens (primary N) is 1. The van der Waals surface area contributed by atoms with Crippen molar-refractivity contribution in [1.82, 2.24) is 0 Å². The highest BCUT2D eigenvalue weighted by molar-refractivity contribution is 7.89. The lowest BCUT2D eigenvalue weighted by Gasteiger charge is -2.20. The van der Waals surface area contributed by atoms with Crippen molar-refractivity contribution in [3.8, 4) is 0 Å². The molecule has 3 N–H and O–H groups in total. The Bertz CT molecular complexity index is 657. The van der Waals surface area contributed by atoms with Crippen LogP contribution >= 0.6 is 0 Å². The molecule has 0 saturated heterocycles. The Kier molecular flexibility index (Phi) is 3.75. The largest absolute Gasteiger partial charge is 0.326 e. The topological polar surface area (TPSA) is 89.3 Å². The molecule has 3 rings (SSSR count). The molecule has 1 amide bonds. The van der Waals surface area contributed by atoms with Crippen LogP contribution < -0.4 is 10.5 Å². The summed E-state index contributed by atoms with van der Waals surface area (Å²) in [4.78, 5) is 12.1. The first kappa shape index (κ1) is 14.5. The molecule has 2 saturated carbocycles. The average molecular weight is 308 g/mol. The van der Waals surface area contributed by atoms with Crippen molar-refractivity contribution in [2.24, 2.45) is 22.9 Å². The Labute approximate surface area is 125 Å². The molecule has 3 atom stereocenters. The smallest absolute Gasteiger partial charge is 0.238 e. The maximum absolute atomic E-state index is 12.1. The molecule has 1 aromatic carbocycles. The summed E-state index contributed by atoms with van der Waals surface area (Å²) in [6.07, 6.45) is 5.54. The van der Waals surface area contributed by atoms with Crippen LogP contribution in [-0.4, -0.2) is 14.3 Å². The predicted octanol–water partition coefficient (Wildman–Crippen LogP) is 2.10. The monoisotopic (exact) mass is 308 g/mol. The number of benzene rings is 1. The summed E-state index contributed by atoms with van der Waals surface area (Å²) in [5.41, 5.74) is 0.481. The highest BCUT2D eigenvalue weighted by Crippen LogP contribution is 2.49. The van der Waals surface area contributed by atoms with Crippen LogP contribution in [0, 0.1) is 17.8 Å². The van der Waals surface area contributed by atoms with Gasteiger partial charge < -0.3 is 5.32 Å². The Balaban J connectivity index is 1.62. The Morgan fingerprint density at radius 2 is 2.10 bits per heavy atom. The quantitative estimate of drug-likeness (QED) is 0.892. The van der Waals surface area contributed by atoms with Gasteiger partial charge in [0.1, 0.15) is 0 Å². The van der Waals surface area contributed by atoms with Crippen LogP contribution in [0.1, 0.15) is 32.1 Å². The Hall–Kier alpha value is -1.40. The van der Waals surface area contributed by atoms with E-state index in [1.165, 1.54) is 31.4 Å². The summed E-state index contributed by atoms with van der Waals surface area (Å²) in [5, 5.41) is 7.87. The van der Waals surface area contributed by atoms with E-state index in [4.69, 9.17) is 5.14 Å². The SMILES string of the molecule is NS(=O)(=O)c1cccc(NC(=O)C[C@H]2C[C@@H]3CC[C@@H]2C3)c1. The van der Waals surface area contributed by atoms with Crippen molar-refractivity contribution in [2.45, 2.75) is 37.0 Å². The number of carbonyl (C=O) groups is 1. The van der Waals surface area contributed by atoms with E-state index in [-0.39, 0.29) is 10.8 Å². The van der Waals surface area contributed by atoms with Gasteiger partial charge in [-0.05, 0) is 55.2 Å². The maximum Gasteiger partial charge on any atom is 0.238 e. The fourth-order valence-electron chi connectivity index (χ4n) is 3.83. The van der Waals surface area contributed by atoms with Gasteiger partial charge in [0.25, 0.3) is 0 Å². The van der Waals surface area contributed by atoms with Crippen molar-refractivity contribution < 1.29 is 13.2 Å². The van der Waals surface area contributed by atoms with E-state index in [1.54, 1.807) is 12.1 Å². The minimum Gasteiger partial charge on any atom is -0.326 e. The molecule has 2 bridgehead atoms. The molecule has 0 radical (unpaired) electrons. The van der Waals surface area contributed by atoms with Crippen LogP contribution in [0.5, 0.6) is 0 Å². The lowest BCUT2D eigenvalue weighted by molar-refractivity contribution is -0.117. The molecule has 0 unspecified atom stereocenters. The van der Waals surface area contributed by atoms with Gasteiger partial charge in [-0.15, -0.1) is 0 Å². The molecule has 6 heteroatoms. The first-order valence-electron chi connectivity index (χ1n) is 7.34. The van der Waals surface area contributed by atoms with E-state index in [1.807, 2.05) is 0 Å². The molecular weight excluding hydrogens is 288 g/mol. The van der Waals surface area contributed by atoms with E-state index in [0.717, 1.165) is 12.3 Å². The van der Waals surface area contributed by atoms with Crippen LogP contribution in [0.2, 0.25) is 0 Å². The molecule has 21 heavy (non-hydrogen) atoms. The lowest BCUT2D eigenvalue weighted by Crippen LogP contribution is -2.20. The molecule has 0 spiro atoms. The maximum atomic E-state index is 12.1. The van der Waals surface area contributed by atoms with Gasteiger partial charge in [-0.3, -0.25) is 4.79 Å². The number of fused-ring (bicyclic) bond motifs is 2. The standard InChI is InChI=1S/C15H20N2O3S/c16-21(19,20)14-3-1-2-13(9-14)17-15(18)8-12-7-10-4-5-11(12)6-10/h1-3,9-12H,4-8H2,(H,17,18)(H2,16,19,20)/t10-,11-,12-/m1/s1. The average Bonchev–Trinajstić information content (AvgIpc) is 3.00. The third kappa shape index (κ3) is 3.27. The van der Waals surface area contributed by atoms with E-state index < -0.39 is 10.0 Å². The first-order valence-corrected chi connectivity index (χ1v) is 8.89. The van der Waals surface area contributed by atoms with Gasteiger partial charge in [0.05, 0.1) is 4.90 Å². The second-order valence-electron chi connectivity index (χ2n) is 6.26. The molecule has 5 nitrogen and oxygen atoms in total. The van der Waals surface area contributed by atoms with Crippen LogP contribution in [-0.2, 0) is 14.8 Å². The second kappa shape index (κ2) is 5.42. The molecule has 1 aromatic rings.